The fourth-order valence-electron chi connectivity index (χ4n) is 1.37. The molecule has 0 saturated heterocycles. The van der Waals surface area contributed by atoms with E-state index in [2.05, 4.69) is 0 Å². The van der Waals surface area contributed by atoms with E-state index in [1.54, 1.807) is 18.2 Å². The number of nitrogens with zero attached hydrogens (tertiary/aromatic N) is 1. The predicted molar refractivity (Wildman–Crippen MR) is 70.0 cm³/mol. The smallest absolute Gasteiger partial charge is 0.276 e. The lowest BCUT2D eigenvalue weighted by Crippen LogP contribution is -1.93. The molecule has 90 valence electrons. The van der Waals surface area contributed by atoms with Gasteiger partial charge in [0, 0.05) is 18.7 Å². The maximum atomic E-state index is 10.8. The molecule has 0 unspecified atom stereocenters. The SMILES string of the molecule is CC(=O)SCC=Cc1c(C)cccc1[N+](=O)[O-]. The summed E-state index contributed by atoms with van der Waals surface area (Å²) in [5.41, 5.74) is 1.54. The molecule has 0 N–H and O–H groups in total. The zero-order valence-electron chi connectivity index (χ0n) is 9.67. The van der Waals surface area contributed by atoms with Gasteiger partial charge in [0.1, 0.15) is 0 Å². The van der Waals surface area contributed by atoms with Crippen molar-refractivity contribution in [1.82, 2.24) is 0 Å². The maximum Gasteiger partial charge on any atom is 0.276 e. The van der Waals surface area contributed by atoms with Crippen molar-refractivity contribution < 1.29 is 9.72 Å². The van der Waals surface area contributed by atoms with Crippen molar-refractivity contribution in [1.29, 1.82) is 0 Å². The van der Waals surface area contributed by atoms with Crippen LogP contribution in [0.3, 0.4) is 0 Å². The highest BCUT2D eigenvalue weighted by atomic mass is 32.2. The van der Waals surface area contributed by atoms with Crippen LogP contribution in [-0.4, -0.2) is 15.8 Å². The van der Waals surface area contributed by atoms with Gasteiger partial charge < -0.3 is 0 Å². The van der Waals surface area contributed by atoms with Gasteiger partial charge in [0.05, 0.1) is 10.5 Å². The first-order valence-corrected chi connectivity index (χ1v) is 6.05. The van der Waals surface area contributed by atoms with E-state index >= 15 is 0 Å². The topological polar surface area (TPSA) is 60.2 Å². The molecule has 0 atom stereocenters. The molecule has 17 heavy (non-hydrogen) atoms. The van der Waals surface area contributed by atoms with Crippen molar-refractivity contribution in [3.63, 3.8) is 0 Å². The fourth-order valence-corrected chi connectivity index (χ4v) is 1.80. The normalized spacial score (nSPS) is 10.7. The van der Waals surface area contributed by atoms with E-state index in [9.17, 15) is 14.9 Å². The predicted octanol–water partition coefficient (Wildman–Crippen LogP) is 3.20. The molecule has 0 heterocycles. The highest BCUT2D eigenvalue weighted by molar-refractivity contribution is 8.13. The van der Waals surface area contributed by atoms with Crippen LogP contribution >= 0.6 is 11.8 Å². The third-order valence-corrected chi connectivity index (χ3v) is 2.93. The summed E-state index contributed by atoms with van der Waals surface area (Å²) >= 11 is 1.18. The van der Waals surface area contributed by atoms with Crippen molar-refractivity contribution in [2.75, 3.05) is 5.75 Å². The lowest BCUT2D eigenvalue weighted by molar-refractivity contribution is -0.385. The number of nitro benzene ring substituents is 1. The van der Waals surface area contributed by atoms with Crippen molar-refractivity contribution in [3.8, 4) is 0 Å². The molecule has 1 rings (SSSR count). The Labute approximate surface area is 104 Å². The molecule has 1 aromatic rings. The lowest BCUT2D eigenvalue weighted by atomic mass is 10.1. The van der Waals surface area contributed by atoms with E-state index in [1.165, 1.54) is 24.8 Å². The third kappa shape index (κ3) is 4.03. The number of hydrogen-bond donors (Lipinski definition) is 0. The highest BCUT2D eigenvalue weighted by Gasteiger charge is 2.12. The molecule has 0 amide bonds. The zero-order valence-corrected chi connectivity index (χ0v) is 10.5. The lowest BCUT2D eigenvalue weighted by Gasteiger charge is -2.01. The molecular formula is C12H13NO3S. The Balaban J connectivity index is 2.89. The summed E-state index contributed by atoms with van der Waals surface area (Å²) in [6.07, 6.45) is 3.46. The van der Waals surface area contributed by atoms with Gasteiger partial charge in [-0.2, -0.15) is 0 Å². The molecule has 0 aliphatic heterocycles. The summed E-state index contributed by atoms with van der Waals surface area (Å²) in [5, 5.41) is 10.9. The van der Waals surface area contributed by atoms with Gasteiger partial charge in [0.25, 0.3) is 5.69 Å². The van der Waals surface area contributed by atoms with E-state index in [1.807, 2.05) is 13.0 Å². The van der Waals surface area contributed by atoms with Gasteiger partial charge in [-0.15, -0.1) is 0 Å². The first-order chi connectivity index (χ1) is 8.02. The summed E-state index contributed by atoms with van der Waals surface area (Å²) < 4.78 is 0. The van der Waals surface area contributed by atoms with Crippen molar-refractivity contribution in [2.45, 2.75) is 13.8 Å². The van der Waals surface area contributed by atoms with E-state index in [-0.39, 0.29) is 10.8 Å². The Morgan fingerprint density at radius 2 is 2.24 bits per heavy atom. The second-order valence-corrected chi connectivity index (χ2v) is 4.67. The minimum atomic E-state index is -0.398. The molecule has 0 aliphatic rings. The maximum absolute atomic E-state index is 10.8. The van der Waals surface area contributed by atoms with Crippen molar-refractivity contribution in [2.24, 2.45) is 0 Å². The van der Waals surface area contributed by atoms with Gasteiger partial charge in [-0.25, -0.2) is 0 Å². The molecule has 0 bridgehead atoms. The van der Waals surface area contributed by atoms with Gasteiger partial charge in [-0.05, 0) is 12.5 Å². The van der Waals surface area contributed by atoms with Crippen LogP contribution < -0.4 is 0 Å². The molecule has 5 heteroatoms. The Bertz CT molecular complexity index is 469. The van der Waals surface area contributed by atoms with Crippen LogP contribution in [0.2, 0.25) is 0 Å². The van der Waals surface area contributed by atoms with E-state index < -0.39 is 4.92 Å². The third-order valence-electron chi connectivity index (χ3n) is 2.17. The second kappa shape index (κ2) is 6.20. The number of thioether (sulfide) groups is 1. The van der Waals surface area contributed by atoms with Gasteiger partial charge in [-0.3, -0.25) is 14.9 Å². The average Bonchev–Trinajstić information content (AvgIpc) is 2.25. The molecule has 0 radical (unpaired) electrons. The number of nitro groups is 1. The first kappa shape index (κ1) is 13.4. The van der Waals surface area contributed by atoms with Gasteiger partial charge >= 0.3 is 0 Å². The van der Waals surface area contributed by atoms with Crippen LogP contribution in [0.15, 0.2) is 24.3 Å². The number of hydrogen-bond acceptors (Lipinski definition) is 4. The van der Waals surface area contributed by atoms with E-state index in [0.717, 1.165) is 5.56 Å². The number of carbonyl (C=O) groups is 1. The summed E-state index contributed by atoms with van der Waals surface area (Å²) in [6, 6.07) is 4.96. The monoisotopic (exact) mass is 251 g/mol. The van der Waals surface area contributed by atoms with Crippen molar-refractivity contribution in [3.05, 3.63) is 45.5 Å². The number of aryl methyl sites for hydroxylation is 1. The Kier molecular flexibility index (Phi) is 4.90. The largest absolute Gasteiger partial charge is 0.288 e. The van der Waals surface area contributed by atoms with E-state index in [0.29, 0.717) is 11.3 Å². The summed E-state index contributed by atoms with van der Waals surface area (Å²) in [5.74, 6) is 0.529. The summed E-state index contributed by atoms with van der Waals surface area (Å²) in [6.45, 7) is 3.32. The van der Waals surface area contributed by atoms with Crippen LogP contribution in [0.1, 0.15) is 18.1 Å². The molecule has 0 spiro atoms. The summed E-state index contributed by atoms with van der Waals surface area (Å²) in [7, 11) is 0. The van der Waals surface area contributed by atoms with Crippen LogP contribution in [-0.2, 0) is 4.79 Å². The Morgan fingerprint density at radius 1 is 1.53 bits per heavy atom. The molecule has 1 aromatic carbocycles. The molecule has 4 nitrogen and oxygen atoms in total. The molecular weight excluding hydrogens is 238 g/mol. The quantitative estimate of drug-likeness (QED) is 0.609. The molecule has 0 aromatic heterocycles. The van der Waals surface area contributed by atoms with Crippen LogP contribution in [0, 0.1) is 17.0 Å². The van der Waals surface area contributed by atoms with Gasteiger partial charge in [0.15, 0.2) is 5.12 Å². The molecule has 0 fully saturated rings. The minimum absolute atomic E-state index is 0.0360. The standard InChI is InChI=1S/C12H13NO3S/c1-9-5-3-7-12(13(15)16)11(9)6-4-8-17-10(2)14/h3-7H,8H2,1-2H3. The number of benzene rings is 1. The van der Waals surface area contributed by atoms with Crippen LogP contribution in [0.25, 0.3) is 6.08 Å². The Hall–Kier alpha value is -1.62. The van der Waals surface area contributed by atoms with Crippen LogP contribution in [0.4, 0.5) is 5.69 Å². The average molecular weight is 251 g/mol. The van der Waals surface area contributed by atoms with E-state index in [4.69, 9.17) is 0 Å². The second-order valence-electron chi connectivity index (χ2n) is 3.47. The fraction of sp³-hybridized carbons (Fsp3) is 0.250. The zero-order chi connectivity index (χ0) is 12.8. The summed E-state index contributed by atoms with van der Waals surface area (Å²) in [4.78, 5) is 21.1. The van der Waals surface area contributed by atoms with Crippen molar-refractivity contribution >= 4 is 28.6 Å². The highest BCUT2D eigenvalue weighted by Crippen LogP contribution is 2.23. The van der Waals surface area contributed by atoms with Crippen LogP contribution in [0.5, 0.6) is 0 Å². The first-order valence-electron chi connectivity index (χ1n) is 5.06. The van der Waals surface area contributed by atoms with Gasteiger partial charge in [0.2, 0.25) is 0 Å². The molecule has 0 saturated carbocycles. The molecule has 0 aliphatic carbocycles. The Morgan fingerprint density at radius 3 is 2.82 bits per heavy atom. The minimum Gasteiger partial charge on any atom is -0.288 e. The number of rotatable bonds is 4. The van der Waals surface area contributed by atoms with Gasteiger partial charge in [-0.1, -0.05) is 36.0 Å². The number of carbonyl (C=O) groups excluding carboxylic acids is 1.